The Morgan fingerprint density at radius 3 is 2.57 bits per heavy atom. The van der Waals surface area contributed by atoms with Gasteiger partial charge in [0.15, 0.2) is 0 Å². The van der Waals surface area contributed by atoms with E-state index in [1.165, 1.54) is 0 Å². The van der Waals surface area contributed by atoms with Gasteiger partial charge in [0.05, 0.1) is 7.11 Å². The number of aromatic nitrogens is 2. The van der Waals surface area contributed by atoms with Gasteiger partial charge in [-0.15, -0.1) is 5.26 Å². The van der Waals surface area contributed by atoms with Crippen molar-refractivity contribution in [3.8, 4) is 23.1 Å². The fraction of sp³-hybridized carbons (Fsp3) is 0.0690. The molecule has 2 aliphatic rings. The van der Waals surface area contributed by atoms with E-state index in [2.05, 4.69) is 27.5 Å². The average molecular weight is 485 g/mol. The third-order valence-electron chi connectivity index (χ3n) is 6.37. The molecule has 0 aliphatic carbocycles. The van der Waals surface area contributed by atoms with Gasteiger partial charge in [-0.05, 0) is 69.4 Å². The molecule has 0 amide bonds. The van der Waals surface area contributed by atoms with Crippen molar-refractivity contribution in [1.82, 2.24) is 14.6 Å². The summed E-state index contributed by atoms with van der Waals surface area (Å²) in [5.74, 6) is 1.71. The molecule has 0 bridgehead atoms. The lowest BCUT2D eigenvalue weighted by atomic mass is 9.98. The summed E-state index contributed by atoms with van der Waals surface area (Å²) in [4.78, 5) is 13.2. The molecule has 1 atom stereocenters. The number of quaternary nitrogens is 1. The number of nitrogens with zero attached hydrogens (tertiary/aromatic N) is 6. The molecule has 2 aromatic carbocycles. The lowest BCUT2D eigenvalue weighted by molar-refractivity contribution is 0.414. The number of aliphatic imine (C=N–C) groups is 1. The molecule has 0 radical (unpaired) electrons. The Labute approximate surface area is 214 Å². The molecule has 8 heteroatoms. The number of methoxy groups -OCH3 is 1. The molecule has 4 heterocycles. The first-order valence-corrected chi connectivity index (χ1v) is 11.7. The minimum atomic E-state index is -0.398. The summed E-state index contributed by atoms with van der Waals surface area (Å²) in [6.07, 6.45) is 13.4. The van der Waals surface area contributed by atoms with Crippen molar-refractivity contribution in [3.63, 3.8) is 0 Å². The van der Waals surface area contributed by atoms with Crippen LogP contribution < -0.4 is 14.6 Å². The number of hydrogen-bond acceptors (Lipinski definition) is 7. The molecule has 37 heavy (non-hydrogen) atoms. The first kappa shape index (κ1) is 22.3. The molecule has 178 valence electrons. The van der Waals surface area contributed by atoms with Gasteiger partial charge in [0.2, 0.25) is 11.5 Å². The highest BCUT2D eigenvalue weighted by atomic mass is 16.5. The van der Waals surface area contributed by atoms with Crippen LogP contribution in [0.2, 0.25) is 0 Å². The maximum absolute atomic E-state index is 10.6. The fourth-order valence-electron chi connectivity index (χ4n) is 4.56. The highest BCUT2D eigenvalue weighted by molar-refractivity contribution is 6.22. The van der Waals surface area contributed by atoms with Gasteiger partial charge in [0.25, 0.3) is 5.84 Å². The number of nitrogens with one attached hydrogen (secondary N) is 1. The topological polar surface area (TPSA) is 95.5 Å². The third-order valence-corrected chi connectivity index (χ3v) is 6.37. The molecule has 1 N–H and O–H groups in total. The Morgan fingerprint density at radius 2 is 1.78 bits per heavy atom. The Hall–Kier alpha value is -5.13. The van der Waals surface area contributed by atoms with Gasteiger partial charge in [-0.2, -0.15) is 4.99 Å². The molecule has 1 unspecified atom stereocenters. The Morgan fingerprint density at radius 1 is 0.919 bits per heavy atom. The summed E-state index contributed by atoms with van der Waals surface area (Å²) < 4.78 is 4.98. The van der Waals surface area contributed by atoms with Gasteiger partial charge in [-0.3, -0.25) is 9.97 Å². The number of amidine groups is 2. The van der Waals surface area contributed by atoms with E-state index in [0.29, 0.717) is 24.0 Å². The normalized spacial score (nSPS) is 17.2. The number of anilines is 1. The second-order valence-corrected chi connectivity index (χ2v) is 8.61. The molecular weight excluding hydrogens is 462 g/mol. The first-order chi connectivity index (χ1) is 18.2. The quantitative estimate of drug-likeness (QED) is 0.294. The smallest absolute Gasteiger partial charge is 0.351 e. The number of hydrogen-bond donors (Lipinski definition) is 1. The average Bonchev–Trinajstić information content (AvgIpc) is 3.37. The first-order valence-electron chi connectivity index (χ1n) is 11.7. The van der Waals surface area contributed by atoms with E-state index in [9.17, 15) is 5.26 Å². The predicted octanol–water partition coefficient (Wildman–Crippen LogP) is 5.35. The molecule has 4 aromatic rings. The highest BCUT2D eigenvalue weighted by Gasteiger charge is 2.49. The number of fused-ring (bicyclic) bond motifs is 3. The zero-order chi connectivity index (χ0) is 25.2. The van der Waals surface area contributed by atoms with Crippen LogP contribution in [0, 0.1) is 11.5 Å². The summed E-state index contributed by atoms with van der Waals surface area (Å²) in [6.45, 7) is 0.555. The van der Waals surface area contributed by atoms with Gasteiger partial charge in [0, 0.05) is 54.1 Å². The standard InChI is InChI=1S/C29H22N7O/c1-37-25-6-2-4-22(15-25)29-34-27-8-7-21-14-24(23-5-3-11-32-18-23)16-26(28(21)36(27,19-30)35-29)33-17-20-9-12-31-13-10-20/h2-16,18,33H,17H2,1H3/q+1. The van der Waals surface area contributed by atoms with Crippen LogP contribution in [0.1, 0.15) is 16.7 Å². The number of pyridine rings is 2. The van der Waals surface area contributed by atoms with Crippen LogP contribution in [0.25, 0.3) is 17.2 Å². The van der Waals surface area contributed by atoms with Crippen molar-refractivity contribution in [2.45, 2.75) is 6.54 Å². The van der Waals surface area contributed by atoms with Crippen molar-refractivity contribution in [3.05, 3.63) is 108 Å². The number of nitriles is 1. The van der Waals surface area contributed by atoms with E-state index >= 15 is 0 Å². The largest absolute Gasteiger partial charge is 0.497 e. The van der Waals surface area contributed by atoms with Gasteiger partial charge in [0.1, 0.15) is 11.4 Å². The molecule has 8 nitrogen and oxygen atoms in total. The highest BCUT2D eigenvalue weighted by Crippen LogP contribution is 2.45. The molecule has 0 saturated carbocycles. The summed E-state index contributed by atoms with van der Waals surface area (Å²) in [7, 11) is 1.62. The third kappa shape index (κ3) is 3.93. The second kappa shape index (κ2) is 9.15. The minimum Gasteiger partial charge on any atom is -0.497 e. The number of ether oxygens (including phenoxy) is 1. The van der Waals surface area contributed by atoms with Crippen LogP contribution in [0.5, 0.6) is 5.75 Å². The van der Waals surface area contributed by atoms with Gasteiger partial charge >= 0.3 is 6.19 Å². The monoisotopic (exact) mass is 484 g/mol. The summed E-state index contributed by atoms with van der Waals surface area (Å²) in [6, 6.07) is 19.5. The maximum Gasteiger partial charge on any atom is 0.351 e. The van der Waals surface area contributed by atoms with E-state index in [4.69, 9.17) is 14.8 Å². The summed E-state index contributed by atoms with van der Waals surface area (Å²) in [5, 5.41) is 19.0. The predicted molar refractivity (Wildman–Crippen MR) is 145 cm³/mol. The lowest BCUT2D eigenvalue weighted by Gasteiger charge is -2.26. The van der Waals surface area contributed by atoms with Crippen molar-refractivity contribution in [2.75, 3.05) is 12.4 Å². The molecule has 0 spiro atoms. The van der Waals surface area contributed by atoms with E-state index in [-0.39, 0.29) is 0 Å². The van der Waals surface area contributed by atoms with Crippen molar-refractivity contribution in [2.24, 2.45) is 10.1 Å². The fourth-order valence-corrected chi connectivity index (χ4v) is 4.56. The molecule has 2 aliphatic heterocycles. The Balaban J connectivity index is 1.51. The zero-order valence-corrected chi connectivity index (χ0v) is 20.0. The van der Waals surface area contributed by atoms with E-state index < -0.39 is 4.59 Å². The minimum absolute atomic E-state index is 0.398. The van der Waals surface area contributed by atoms with Crippen LogP contribution >= 0.6 is 0 Å². The lowest BCUT2D eigenvalue weighted by Crippen LogP contribution is -2.44. The van der Waals surface area contributed by atoms with Gasteiger partial charge in [-0.1, -0.05) is 18.2 Å². The van der Waals surface area contributed by atoms with E-state index in [1.54, 1.807) is 25.7 Å². The van der Waals surface area contributed by atoms with E-state index in [1.807, 2.05) is 72.9 Å². The van der Waals surface area contributed by atoms with Crippen LogP contribution in [-0.2, 0) is 6.54 Å². The van der Waals surface area contributed by atoms with Crippen molar-refractivity contribution in [1.29, 1.82) is 5.26 Å². The van der Waals surface area contributed by atoms with Crippen LogP contribution in [0.15, 0.2) is 102 Å². The summed E-state index contributed by atoms with van der Waals surface area (Å²) >= 11 is 0. The summed E-state index contributed by atoms with van der Waals surface area (Å²) in [5.41, 5.74) is 6.22. The Kier molecular flexibility index (Phi) is 5.52. The molecular formula is C29H22N7O+. The van der Waals surface area contributed by atoms with E-state index in [0.717, 1.165) is 39.2 Å². The van der Waals surface area contributed by atoms with Crippen molar-refractivity contribution < 1.29 is 4.74 Å². The Bertz CT molecular complexity index is 1620. The SMILES string of the molecule is COc1cccc(C2=N[N+]3(C#N)C(=N2)C=Cc2cc(-c4cccnc4)cc(NCc4ccncc4)c23)c1. The van der Waals surface area contributed by atoms with Crippen molar-refractivity contribution >= 4 is 29.1 Å². The van der Waals surface area contributed by atoms with Crippen LogP contribution in [0.4, 0.5) is 11.4 Å². The van der Waals surface area contributed by atoms with Crippen LogP contribution in [0.3, 0.4) is 0 Å². The number of benzene rings is 2. The molecule has 2 aromatic heterocycles. The molecule has 6 rings (SSSR count). The van der Waals surface area contributed by atoms with Gasteiger partial charge in [-0.25, -0.2) is 0 Å². The zero-order valence-electron chi connectivity index (χ0n) is 20.0. The number of rotatable bonds is 6. The second-order valence-electron chi connectivity index (χ2n) is 8.61. The van der Waals surface area contributed by atoms with Crippen LogP contribution in [-0.4, -0.2) is 28.7 Å². The van der Waals surface area contributed by atoms with Gasteiger partial charge < -0.3 is 10.1 Å². The molecule has 0 saturated heterocycles. The molecule has 0 fully saturated rings. The maximum atomic E-state index is 10.6.